The maximum atomic E-state index is 12.4. The fourth-order valence-corrected chi connectivity index (χ4v) is 3.27. The number of nitro benzene ring substituents is 1. The highest BCUT2D eigenvalue weighted by atomic mass is 35.5. The Bertz CT molecular complexity index is 1050. The van der Waals surface area contributed by atoms with Crippen LogP contribution in [0.4, 0.5) is 5.69 Å². The number of likely N-dealkylation sites (N-methyl/N-ethyl adjacent to an activating group) is 2. The van der Waals surface area contributed by atoms with Crippen LogP contribution in [0, 0.1) is 10.1 Å². The van der Waals surface area contributed by atoms with E-state index in [1.54, 1.807) is 0 Å². The molecule has 28 heavy (non-hydrogen) atoms. The van der Waals surface area contributed by atoms with Crippen molar-refractivity contribution in [3.05, 3.63) is 55.8 Å². The summed E-state index contributed by atoms with van der Waals surface area (Å²) < 4.78 is 5.62. The van der Waals surface area contributed by atoms with Gasteiger partial charge in [-0.15, -0.1) is 0 Å². The molecule has 0 spiro atoms. The Morgan fingerprint density at radius 1 is 1.11 bits per heavy atom. The van der Waals surface area contributed by atoms with E-state index in [0.717, 1.165) is 0 Å². The molecule has 0 aliphatic carbocycles. The number of carbonyl (C=O) groups excluding carboxylic acids is 2. The third-order valence-electron chi connectivity index (χ3n) is 4.06. The van der Waals surface area contributed by atoms with Crippen molar-refractivity contribution < 1.29 is 18.9 Å². The van der Waals surface area contributed by atoms with Crippen LogP contribution in [0.3, 0.4) is 0 Å². The van der Waals surface area contributed by atoms with Gasteiger partial charge in [-0.3, -0.25) is 29.5 Å². The van der Waals surface area contributed by atoms with Crippen molar-refractivity contribution in [3.8, 4) is 11.3 Å². The van der Waals surface area contributed by atoms with E-state index in [9.17, 15) is 19.7 Å². The Kier molecular flexibility index (Phi) is 5.24. The molecule has 2 aromatic rings. The molecule has 8 nitrogen and oxygen atoms in total. The second-order valence-corrected chi connectivity index (χ2v) is 6.99. The van der Waals surface area contributed by atoms with Crippen molar-refractivity contribution in [3.63, 3.8) is 0 Å². The lowest BCUT2D eigenvalue weighted by molar-refractivity contribution is -0.384. The van der Waals surface area contributed by atoms with Crippen LogP contribution in [0.2, 0.25) is 10.0 Å². The van der Waals surface area contributed by atoms with Crippen molar-refractivity contribution in [2.75, 3.05) is 14.1 Å². The number of hydrogen-bond donors (Lipinski definition) is 0. The molecule has 0 atom stereocenters. The minimum Gasteiger partial charge on any atom is -0.457 e. The largest absolute Gasteiger partial charge is 0.457 e. The zero-order valence-electron chi connectivity index (χ0n) is 14.4. The van der Waals surface area contributed by atoms with Gasteiger partial charge in [0.1, 0.15) is 22.1 Å². The summed E-state index contributed by atoms with van der Waals surface area (Å²) in [5.74, 6) is -0.725. The molecule has 1 aliphatic rings. The SMILES string of the molecule is CN1C(=O)C(=Cc2ccc(-c3cc([N+](=O)[O-])c(Cl)cc3Cl)o2)C(=O)N(C)C1=S. The third kappa shape index (κ3) is 3.39. The van der Waals surface area contributed by atoms with Gasteiger partial charge in [0.25, 0.3) is 17.5 Å². The van der Waals surface area contributed by atoms with Gasteiger partial charge in [-0.2, -0.15) is 0 Å². The maximum absolute atomic E-state index is 12.4. The van der Waals surface area contributed by atoms with Crippen LogP contribution in [0.15, 0.2) is 34.3 Å². The molecular formula is C17H11Cl2N3O5S. The molecule has 1 fully saturated rings. The van der Waals surface area contributed by atoms with E-state index in [1.165, 1.54) is 54.2 Å². The standard InChI is InChI=1S/C17H11Cl2N3O5S/c1-20-15(23)10(16(24)21(2)17(20)28)5-8-3-4-14(27-8)9-6-13(22(25)26)12(19)7-11(9)18/h3-7H,1-2H3. The third-order valence-corrected chi connectivity index (χ3v) is 5.22. The van der Waals surface area contributed by atoms with Crippen molar-refractivity contribution in [2.45, 2.75) is 0 Å². The number of benzene rings is 1. The lowest BCUT2D eigenvalue weighted by Gasteiger charge is -2.31. The van der Waals surface area contributed by atoms with Crippen LogP contribution in [0.1, 0.15) is 5.76 Å². The average Bonchev–Trinajstić information content (AvgIpc) is 3.10. The molecule has 1 aliphatic heterocycles. The molecule has 1 saturated heterocycles. The monoisotopic (exact) mass is 439 g/mol. The van der Waals surface area contributed by atoms with Crippen molar-refractivity contribution in [1.82, 2.24) is 9.80 Å². The molecular weight excluding hydrogens is 429 g/mol. The first kappa shape index (κ1) is 20.0. The van der Waals surface area contributed by atoms with E-state index in [-0.39, 0.29) is 43.5 Å². The fourth-order valence-electron chi connectivity index (χ4n) is 2.56. The zero-order valence-corrected chi connectivity index (χ0v) is 16.8. The molecule has 1 aromatic carbocycles. The second kappa shape index (κ2) is 7.34. The highest BCUT2D eigenvalue weighted by Crippen LogP contribution is 2.37. The summed E-state index contributed by atoms with van der Waals surface area (Å²) in [6.45, 7) is 0. The average molecular weight is 440 g/mol. The normalized spacial score (nSPS) is 14.7. The minimum absolute atomic E-state index is 0.0903. The molecule has 0 bridgehead atoms. The van der Waals surface area contributed by atoms with Gasteiger partial charge >= 0.3 is 0 Å². The van der Waals surface area contributed by atoms with Crippen molar-refractivity contribution in [1.29, 1.82) is 0 Å². The smallest absolute Gasteiger partial charge is 0.288 e. The zero-order chi connectivity index (χ0) is 20.7. The highest BCUT2D eigenvalue weighted by Gasteiger charge is 2.35. The summed E-state index contributed by atoms with van der Waals surface area (Å²) in [6.07, 6.45) is 1.28. The number of thiocarbonyl (C=S) groups is 1. The molecule has 2 heterocycles. The number of carbonyl (C=O) groups is 2. The van der Waals surface area contributed by atoms with E-state index >= 15 is 0 Å². The lowest BCUT2D eigenvalue weighted by atomic mass is 10.1. The topological polar surface area (TPSA) is 96.9 Å². The number of furan rings is 1. The summed E-state index contributed by atoms with van der Waals surface area (Å²) in [7, 11) is 2.92. The van der Waals surface area contributed by atoms with Crippen LogP contribution in [-0.2, 0) is 9.59 Å². The number of amides is 2. The Morgan fingerprint density at radius 3 is 2.29 bits per heavy atom. The van der Waals surface area contributed by atoms with Crippen molar-refractivity contribution >= 4 is 64.1 Å². The number of nitrogens with zero attached hydrogens (tertiary/aromatic N) is 3. The Labute approximate surface area is 174 Å². The Morgan fingerprint density at radius 2 is 1.71 bits per heavy atom. The fraction of sp³-hybridized carbons (Fsp3) is 0.118. The number of rotatable bonds is 3. The van der Waals surface area contributed by atoms with Gasteiger partial charge in [0, 0.05) is 25.7 Å². The number of hydrogen-bond acceptors (Lipinski definition) is 6. The van der Waals surface area contributed by atoms with Crippen LogP contribution in [0.5, 0.6) is 0 Å². The van der Waals surface area contributed by atoms with Gasteiger partial charge in [-0.25, -0.2) is 0 Å². The first-order valence-corrected chi connectivity index (χ1v) is 8.83. The predicted octanol–water partition coefficient (Wildman–Crippen LogP) is 3.76. The molecule has 144 valence electrons. The highest BCUT2D eigenvalue weighted by molar-refractivity contribution is 7.80. The molecule has 0 saturated carbocycles. The van der Waals surface area contributed by atoms with Crippen LogP contribution in [-0.4, -0.2) is 45.7 Å². The van der Waals surface area contributed by atoms with Gasteiger partial charge < -0.3 is 4.42 Å². The van der Waals surface area contributed by atoms with Crippen LogP contribution >= 0.6 is 35.4 Å². The maximum Gasteiger partial charge on any atom is 0.288 e. The second-order valence-electron chi connectivity index (χ2n) is 5.81. The lowest BCUT2D eigenvalue weighted by Crippen LogP contribution is -2.52. The summed E-state index contributed by atoms with van der Waals surface area (Å²) in [4.78, 5) is 37.5. The predicted molar refractivity (Wildman–Crippen MR) is 107 cm³/mol. The summed E-state index contributed by atoms with van der Waals surface area (Å²) in [5, 5.41) is 11.2. The first-order valence-electron chi connectivity index (χ1n) is 7.67. The quantitative estimate of drug-likeness (QED) is 0.237. The number of halogens is 2. The molecule has 11 heteroatoms. The van der Waals surface area contributed by atoms with Gasteiger partial charge in [0.15, 0.2) is 5.11 Å². The number of nitro groups is 1. The molecule has 0 unspecified atom stereocenters. The minimum atomic E-state index is -0.637. The van der Waals surface area contributed by atoms with Crippen molar-refractivity contribution in [2.24, 2.45) is 0 Å². The van der Waals surface area contributed by atoms with E-state index in [0.29, 0.717) is 0 Å². The van der Waals surface area contributed by atoms with E-state index in [1.807, 2.05) is 0 Å². The summed E-state index contributed by atoms with van der Waals surface area (Å²) in [5.41, 5.74) is -0.210. The summed E-state index contributed by atoms with van der Waals surface area (Å²) in [6, 6.07) is 5.46. The molecule has 3 rings (SSSR count). The van der Waals surface area contributed by atoms with Gasteiger partial charge in [-0.1, -0.05) is 23.2 Å². The molecule has 0 radical (unpaired) electrons. The molecule has 2 amide bonds. The van der Waals surface area contributed by atoms with Gasteiger partial charge in [0.05, 0.1) is 9.95 Å². The molecule has 0 N–H and O–H groups in total. The van der Waals surface area contributed by atoms with Gasteiger partial charge in [-0.05, 0) is 36.5 Å². The first-order chi connectivity index (χ1) is 13.1. The Balaban J connectivity index is 2.02. The Hall–Kier alpha value is -2.75. The van der Waals surface area contributed by atoms with Crippen LogP contribution in [0.25, 0.3) is 17.4 Å². The molecule has 1 aromatic heterocycles. The van der Waals surface area contributed by atoms with Gasteiger partial charge in [0.2, 0.25) is 0 Å². The van der Waals surface area contributed by atoms with E-state index < -0.39 is 16.7 Å². The van der Waals surface area contributed by atoms with Crippen LogP contribution < -0.4 is 0 Å². The van der Waals surface area contributed by atoms with E-state index in [2.05, 4.69) is 0 Å². The summed E-state index contributed by atoms with van der Waals surface area (Å²) >= 11 is 17.0. The van der Waals surface area contributed by atoms with E-state index in [4.69, 9.17) is 39.8 Å².